The topological polar surface area (TPSA) is 52.6 Å². The van der Waals surface area contributed by atoms with Crippen LogP contribution < -0.4 is 4.74 Å². The molecular formula is C21H24O4. The highest BCUT2D eigenvalue weighted by Gasteiger charge is 2.15. The predicted octanol–water partition coefficient (Wildman–Crippen LogP) is 4.57. The third-order valence-electron chi connectivity index (χ3n) is 3.76. The Morgan fingerprint density at radius 3 is 2.32 bits per heavy atom. The largest absolute Gasteiger partial charge is 0.489 e. The lowest BCUT2D eigenvalue weighted by Gasteiger charge is -2.11. The number of hydrogen-bond acceptors (Lipinski definition) is 4. The van der Waals surface area contributed by atoms with Crippen molar-refractivity contribution in [3.05, 3.63) is 65.7 Å². The van der Waals surface area contributed by atoms with E-state index in [9.17, 15) is 9.59 Å². The van der Waals surface area contributed by atoms with Gasteiger partial charge in [0.15, 0.2) is 5.78 Å². The van der Waals surface area contributed by atoms with Gasteiger partial charge in [0.25, 0.3) is 0 Å². The van der Waals surface area contributed by atoms with Crippen LogP contribution in [0.1, 0.15) is 49.0 Å². The van der Waals surface area contributed by atoms with Crippen LogP contribution in [-0.2, 0) is 16.1 Å². The van der Waals surface area contributed by atoms with Gasteiger partial charge in [0, 0.05) is 5.56 Å². The lowest BCUT2D eigenvalue weighted by atomic mass is 10.1. The van der Waals surface area contributed by atoms with Crippen molar-refractivity contribution in [2.75, 3.05) is 0 Å². The van der Waals surface area contributed by atoms with Crippen molar-refractivity contribution in [3.8, 4) is 5.75 Å². The highest BCUT2D eigenvalue weighted by atomic mass is 16.5. The summed E-state index contributed by atoms with van der Waals surface area (Å²) >= 11 is 0. The number of carbonyl (C=O) groups excluding carboxylic acids is 2. The maximum Gasteiger partial charge on any atom is 0.313 e. The summed E-state index contributed by atoms with van der Waals surface area (Å²) in [5.41, 5.74) is 1.55. The molecule has 132 valence electrons. The van der Waals surface area contributed by atoms with Crippen LogP contribution in [0.4, 0.5) is 0 Å². The molecule has 0 aliphatic carbocycles. The maximum atomic E-state index is 12.1. The average Bonchev–Trinajstić information content (AvgIpc) is 2.61. The Bertz CT molecular complexity index is 677. The van der Waals surface area contributed by atoms with Gasteiger partial charge in [-0.25, -0.2) is 0 Å². The first-order valence-corrected chi connectivity index (χ1v) is 8.58. The zero-order valence-corrected chi connectivity index (χ0v) is 14.7. The Morgan fingerprint density at radius 2 is 1.68 bits per heavy atom. The Kier molecular flexibility index (Phi) is 7.20. The Labute approximate surface area is 148 Å². The van der Waals surface area contributed by atoms with Gasteiger partial charge >= 0.3 is 5.97 Å². The second kappa shape index (κ2) is 9.62. The number of benzene rings is 2. The fraction of sp³-hybridized carbons (Fsp3) is 0.333. The molecule has 0 N–H and O–H groups in total. The molecule has 4 heteroatoms. The molecule has 0 aliphatic heterocycles. The number of Topliss-reactive ketones (excluding diaryl/α,β-unsaturated/α-hetero) is 1. The predicted molar refractivity (Wildman–Crippen MR) is 96.6 cm³/mol. The fourth-order valence-corrected chi connectivity index (χ4v) is 2.44. The fourth-order valence-electron chi connectivity index (χ4n) is 2.44. The first-order chi connectivity index (χ1) is 12.1. The van der Waals surface area contributed by atoms with Gasteiger partial charge in [-0.15, -0.1) is 0 Å². The van der Waals surface area contributed by atoms with E-state index in [1.54, 1.807) is 24.3 Å². The molecule has 2 aromatic rings. The van der Waals surface area contributed by atoms with Gasteiger partial charge in [-0.1, -0.05) is 43.7 Å². The Hall–Kier alpha value is -2.62. The van der Waals surface area contributed by atoms with Crippen molar-refractivity contribution in [2.45, 2.75) is 45.8 Å². The van der Waals surface area contributed by atoms with Crippen LogP contribution in [0.15, 0.2) is 54.6 Å². The van der Waals surface area contributed by atoms with Crippen molar-refractivity contribution in [3.63, 3.8) is 0 Å². The molecule has 0 heterocycles. The van der Waals surface area contributed by atoms with E-state index in [-0.39, 0.29) is 18.3 Å². The molecular weight excluding hydrogens is 316 g/mol. The van der Waals surface area contributed by atoms with E-state index >= 15 is 0 Å². The lowest BCUT2D eigenvalue weighted by molar-refractivity contribution is -0.147. The van der Waals surface area contributed by atoms with Crippen LogP contribution >= 0.6 is 0 Å². The highest BCUT2D eigenvalue weighted by molar-refractivity contribution is 6.06. The zero-order chi connectivity index (χ0) is 18.1. The molecule has 2 aromatic carbocycles. The molecule has 4 nitrogen and oxygen atoms in total. The molecule has 1 atom stereocenters. The van der Waals surface area contributed by atoms with Gasteiger partial charge in [-0.05, 0) is 43.2 Å². The minimum atomic E-state index is -0.477. The molecule has 0 bridgehead atoms. The van der Waals surface area contributed by atoms with E-state index in [4.69, 9.17) is 9.47 Å². The number of hydrogen-bond donors (Lipinski definition) is 0. The molecule has 0 saturated carbocycles. The summed E-state index contributed by atoms with van der Waals surface area (Å²) in [4.78, 5) is 23.9. The smallest absolute Gasteiger partial charge is 0.313 e. The zero-order valence-electron chi connectivity index (χ0n) is 14.7. The summed E-state index contributed by atoms with van der Waals surface area (Å²) < 4.78 is 10.9. The van der Waals surface area contributed by atoms with Crippen molar-refractivity contribution in [1.82, 2.24) is 0 Å². The van der Waals surface area contributed by atoms with Gasteiger partial charge in [0.2, 0.25) is 0 Å². The van der Waals surface area contributed by atoms with Crippen LogP contribution in [0.3, 0.4) is 0 Å². The standard InChI is InChI=1S/C21H24O4/c1-3-7-16(2)25-21(23)14-20(22)18-10-12-19(13-11-18)24-15-17-8-5-4-6-9-17/h4-6,8-13,16H,3,7,14-15H2,1-2H3/t16-/m0/s1. The summed E-state index contributed by atoms with van der Waals surface area (Å²) in [7, 11) is 0. The monoisotopic (exact) mass is 340 g/mol. The maximum absolute atomic E-state index is 12.1. The lowest BCUT2D eigenvalue weighted by Crippen LogP contribution is -2.17. The minimum absolute atomic E-state index is 0.154. The molecule has 0 saturated heterocycles. The van der Waals surface area contributed by atoms with Gasteiger partial charge < -0.3 is 9.47 Å². The second-order valence-electron chi connectivity index (χ2n) is 5.99. The summed E-state index contributed by atoms with van der Waals surface area (Å²) in [5, 5.41) is 0. The van der Waals surface area contributed by atoms with Crippen LogP contribution in [0.5, 0.6) is 5.75 Å². The normalized spacial score (nSPS) is 11.6. The van der Waals surface area contributed by atoms with Gasteiger partial charge in [0.1, 0.15) is 18.8 Å². The molecule has 25 heavy (non-hydrogen) atoms. The quantitative estimate of drug-likeness (QED) is 0.381. The number of esters is 1. The summed E-state index contributed by atoms with van der Waals surface area (Å²) in [6, 6.07) is 16.7. The Balaban J connectivity index is 1.84. The summed E-state index contributed by atoms with van der Waals surface area (Å²) in [6.45, 7) is 4.33. The second-order valence-corrected chi connectivity index (χ2v) is 5.99. The van der Waals surface area contributed by atoms with E-state index in [1.807, 2.05) is 44.2 Å². The number of ether oxygens (including phenoxy) is 2. The molecule has 0 radical (unpaired) electrons. The molecule has 0 spiro atoms. The molecule has 0 amide bonds. The van der Waals surface area contributed by atoms with Crippen LogP contribution in [-0.4, -0.2) is 17.9 Å². The van der Waals surface area contributed by atoms with Crippen molar-refractivity contribution in [2.24, 2.45) is 0 Å². The Morgan fingerprint density at radius 1 is 1.00 bits per heavy atom. The third-order valence-corrected chi connectivity index (χ3v) is 3.76. The van der Waals surface area contributed by atoms with E-state index in [1.165, 1.54) is 0 Å². The van der Waals surface area contributed by atoms with E-state index in [0.29, 0.717) is 17.9 Å². The minimum Gasteiger partial charge on any atom is -0.489 e. The van der Waals surface area contributed by atoms with E-state index < -0.39 is 5.97 Å². The van der Waals surface area contributed by atoms with Gasteiger partial charge in [-0.2, -0.15) is 0 Å². The average molecular weight is 340 g/mol. The molecule has 0 aliphatic rings. The first-order valence-electron chi connectivity index (χ1n) is 8.58. The van der Waals surface area contributed by atoms with E-state index in [0.717, 1.165) is 18.4 Å². The summed E-state index contributed by atoms with van der Waals surface area (Å²) in [6.07, 6.45) is 1.34. The third kappa shape index (κ3) is 6.42. The first kappa shape index (κ1) is 18.7. The number of ketones is 1. The number of carbonyl (C=O) groups is 2. The van der Waals surface area contributed by atoms with Gasteiger partial charge in [0.05, 0.1) is 6.10 Å². The van der Waals surface area contributed by atoms with Crippen LogP contribution in [0, 0.1) is 0 Å². The van der Waals surface area contributed by atoms with E-state index in [2.05, 4.69) is 0 Å². The van der Waals surface area contributed by atoms with Crippen molar-refractivity contribution in [1.29, 1.82) is 0 Å². The molecule has 2 rings (SSSR count). The molecule has 0 aromatic heterocycles. The summed E-state index contributed by atoms with van der Waals surface area (Å²) in [5.74, 6) is -0.0433. The molecule has 0 unspecified atom stereocenters. The number of rotatable bonds is 9. The van der Waals surface area contributed by atoms with Crippen LogP contribution in [0.25, 0.3) is 0 Å². The highest BCUT2D eigenvalue weighted by Crippen LogP contribution is 2.16. The SMILES string of the molecule is CCC[C@H](C)OC(=O)CC(=O)c1ccc(OCc2ccccc2)cc1. The van der Waals surface area contributed by atoms with Crippen molar-refractivity contribution >= 4 is 11.8 Å². The molecule has 0 fully saturated rings. The van der Waals surface area contributed by atoms with Crippen molar-refractivity contribution < 1.29 is 19.1 Å². The van der Waals surface area contributed by atoms with Crippen LogP contribution in [0.2, 0.25) is 0 Å². The van der Waals surface area contributed by atoms with Gasteiger partial charge in [-0.3, -0.25) is 9.59 Å².